The molecule has 91 heavy (non-hydrogen) atoms. The predicted octanol–water partition coefficient (Wildman–Crippen LogP) is -9.19. The third kappa shape index (κ3) is 26.4. The Morgan fingerprint density at radius 3 is 1.47 bits per heavy atom. The number of H-pyrrole nitrogens is 1. The molecule has 1 aliphatic heterocycles. The topological polar surface area (TPSA) is 594 Å². The van der Waals surface area contributed by atoms with Gasteiger partial charge in [-0.2, -0.15) is 0 Å². The highest BCUT2D eigenvalue weighted by molar-refractivity contribution is 6.00. The van der Waals surface area contributed by atoms with Crippen molar-refractivity contribution in [3.8, 4) is 0 Å². The number of carboxylic acids is 1. The van der Waals surface area contributed by atoms with E-state index < -0.39 is 200 Å². The minimum atomic E-state index is -1.99. The number of carbonyl (C=O) groups excluding carboxylic acids is 12. The summed E-state index contributed by atoms with van der Waals surface area (Å²) in [4.78, 5) is 181. The van der Waals surface area contributed by atoms with Crippen LogP contribution in [0.15, 0.2) is 12.5 Å². The van der Waals surface area contributed by atoms with Crippen LogP contribution in [-0.2, 0) is 68.7 Å². The van der Waals surface area contributed by atoms with Crippen LogP contribution in [0.3, 0.4) is 0 Å². The molecule has 0 aliphatic carbocycles. The van der Waals surface area contributed by atoms with E-state index in [1.165, 1.54) is 19.4 Å². The summed E-state index contributed by atoms with van der Waals surface area (Å²) in [6, 6.07) is -19.4. The summed E-state index contributed by atoms with van der Waals surface area (Å²) in [5, 5.41) is 95.2. The fraction of sp³-hybridized carbons (Fsp3) is 0.709. The molecule has 1 aliphatic rings. The third-order valence-electron chi connectivity index (χ3n) is 14.3. The fourth-order valence-electron chi connectivity index (χ4n) is 9.34. The Morgan fingerprint density at radius 1 is 0.560 bits per heavy atom. The number of hydrogen-bond donors (Lipinski definition) is 21. The first-order chi connectivity index (χ1) is 42.7. The van der Waals surface area contributed by atoms with Gasteiger partial charge < -0.3 is 116 Å². The Balaban J connectivity index is 2.32. The molecule has 1 saturated heterocycles. The summed E-state index contributed by atoms with van der Waals surface area (Å²) in [7, 11) is 0. The van der Waals surface area contributed by atoms with Gasteiger partial charge in [-0.25, -0.2) is 9.78 Å². The molecule has 0 unspecified atom stereocenters. The first-order valence-corrected chi connectivity index (χ1v) is 29.9. The van der Waals surface area contributed by atoms with Crippen molar-refractivity contribution < 1.29 is 98.1 Å². The number of aliphatic hydroxyl groups is 6. The van der Waals surface area contributed by atoms with Gasteiger partial charge in [0.05, 0.1) is 44.5 Å². The number of imidazole rings is 1. The average Bonchev–Trinajstić information content (AvgIpc) is 2.01. The lowest BCUT2D eigenvalue weighted by molar-refractivity contribution is -0.145. The van der Waals surface area contributed by atoms with Gasteiger partial charge in [0.25, 0.3) is 0 Å². The molecular weight excluding hydrogens is 1200 g/mol. The molecular formula is C55H94N16O20. The Labute approximate surface area is 525 Å². The third-order valence-corrected chi connectivity index (χ3v) is 14.3. The molecule has 2 rings (SSSR count). The SMILES string of the molecule is CC(C)C[C@H](NC(=O)[C@H](Cc1cnc[nH]1)NC(=O)[C@H](CO)NC(=O)[C@@H](NC(=O)[C@@H](NC(=O)[C@@H]1CCCN1C(=O)[C@@H](NC(=O)[C@H](CCCCN)NC(=O)[C@H](CC(C)C)NC(=O)[C@@H](N)CO)[C@@H](C)O)[C@@H](C)O)[C@@H](C)O)C(=O)N[C@@H](CO)C(=O)N[C@@H](CCC(N)=O)C(=O)O. The van der Waals surface area contributed by atoms with E-state index in [-0.39, 0.29) is 69.1 Å². The van der Waals surface area contributed by atoms with Crippen LogP contribution in [0, 0.1) is 11.8 Å². The van der Waals surface area contributed by atoms with Crippen LogP contribution in [-0.4, -0.2) is 251 Å². The molecule has 0 radical (unpaired) electrons. The smallest absolute Gasteiger partial charge is 0.326 e. The van der Waals surface area contributed by atoms with Gasteiger partial charge in [0.1, 0.15) is 72.5 Å². The number of likely N-dealkylation sites (tertiary alicyclic amines) is 1. The van der Waals surface area contributed by atoms with Gasteiger partial charge in [-0.3, -0.25) is 57.5 Å². The number of nitrogens with two attached hydrogens (primary N) is 3. The van der Waals surface area contributed by atoms with Crippen molar-refractivity contribution >= 4 is 76.9 Å². The van der Waals surface area contributed by atoms with Gasteiger partial charge in [0.15, 0.2) is 0 Å². The molecule has 12 amide bonds. The van der Waals surface area contributed by atoms with Crippen molar-refractivity contribution in [1.82, 2.24) is 68.0 Å². The summed E-state index contributed by atoms with van der Waals surface area (Å²) in [6.07, 6.45) is -2.93. The van der Waals surface area contributed by atoms with E-state index >= 15 is 0 Å². The molecule has 15 atom stereocenters. The molecule has 514 valence electrons. The van der Waals surface area contributed by atoms with Gasteiger partial charge in [0.2, 0.25) is 70.9 Å². The summed E-state index contributed by atoms with van der Waals surface area (Å²) >= 11 is 0. The maximum Gasteiger partial charge on any atom is 0.326 e. The van der Waals surface area contributed by atoms with Crippen molar-refractivity contribution in [1.29, 1.82) is 0 Å². The number of nitrogens with one attached hydrogen (secondary N) is 11. The van der Waals surface area contributed by atoms with E-state index in [4.69, 9.17) is 17.2 Å². The number of rotatable bonds is 41. The first kappa shape index (κ1) is 79.1. The van der Waals surface area contributed by atoms with Crippen molar-refractivity contribution in [3.05, 3.63) is 18.2 Å². The number of unbranched alkanes of at least 4 members (excludes halogenated alkanes) is 1. The summed E-state index contributed by atoms with van der Waals surface area (Å²) in [6.45, 7) is 7.41. The van der Waals surface area contributed by atoms with Gasteiger partial charge in [-0.05, 0) is 90.5 Å². The number of primary amides is 1. The second-order valence-electron chi connectivity index (χ2n) is 23.1. The molecule has 0 bridgehead atoms. The summed E-state index contributed by atoms with van der Waals surface area (Å²) < 4.78 is 0. The molecule has 0 aromatic carbocycles. The molecule has 1 aromatic rings. The van der Waals surface area contributed by atoms with Crippen LogP contribution >= 0.6 is 0 Å². The molecule has 2 heterocycles. The summed E-state index contributed by atoms with van der Waals surface area (Å²) in [5.41, 5.74) is 16.7. The van der Waals surface area contributed by atoms with Crippen LogP contribution in [0.1, 0.15) is 112 Å². The van der Waals surface area contributed by atoms with E-state index in [1.54, 1.807) is 27.7 Å². The lowest BCUT2D eigenvalue weighted by Crippen LogP contribution is -2.64. The van der Waals surface area contributed by atoms with E-state index in [0.29, 0.717) is 12.8 Å². The second-order valence-corrected chi connectivity index (χ2v) is 23.1. The Morgan fingerprint density at radius 2 is 1.00 bits per heavy atom. The molecule has 1 fully saturated rings. The lowest BCUT2D eigenvalue weighted by Gasteiger charge is -2.32. The highest BCUT2D eigenvalue weighted by Gasteiger charge is 2.43. The van der Waals surface area contributed by atoms with Crippen LogP contribution in [0.5, 0.6) is 0 Å². The molecule has 0 spiro atoms. The fourth-order valence-corrected chi connectivity index (χ4v) is 9.34. The minimum absolute atomic E-state index is 0.00753. The number of carboxylic acid groups (broad SMARTS) is 1. The van der Waals surface area contributed by atoms with Gasteiger partial charge in [0, 0.05) is 31.3 Å². The maximum atomic E-state index is 14.2. The quantitative estimate of drug-likeness (QED) is 0.0271. The highest BCUT2D eigenvalue weighted by Crippen LogP contribution is 2.21. The van der Waals surface area contributed by atoms with Crippen LogP contribution in [0.4, 0.5) is 0 Å². The normalized spacial score (nSPS) is 17.7. The number of aliphatic carboxylic acids is 1. The van der Waals surface area contributed by atoms with Gasteiger partial charge in [-0.15, -0.1) is 0 Å². The number of carbonyl (C=O) groups is 13. The highest BCUT2D eigenvalue weighted by atomic mass is 16.4. The van der Waals surface area contributed by atoms with Crippen LogP contribution in [0.2, 0.25) is 0 Å². The van der Waals surface area contributed by atoms with Crippen molar-refractivity contribution in [2.24, 2.45) is 29.0 Å². The van der Waals surface area contributed by atoms with E-state index in [2.05, 4.69) is 63.1 Å². The van der Waals surface area contributed by atoms with Gasteiger partial charge >= 0.3 is 5.97 Å². The molecule has 24 N–H and O–H groups in total. The van der Waals surface area contributed by atoms with Crippen molar-refractivity contribution in [2.75, 3.05) is 32.9 Å². The van der Waals surface area contributed by atoms with Crippen molar-refractivity contribution in [3.63, 3.8) is 0 Å². The molecule has 36 nitrogen and oxygen atoms in total. The Hall–Kier alpha value is -8.00. The zero-order chi connectivity index (χ0) is 69.0. The number of hydrogen-bond acceptors (Lipinski definition) is 22. The number of aromatic amines is 1. The van der Waals surface area contributed by atoms with E-state index in [1.807, 2.05) is 0 Å². The second kappa shape index (κ2) is 39.3. The Kier molecular flexibility index (Phi) is 34.2. The van der Waals surface area contributed by atoms with Crippen LogP contribution in [0.25, 0.3) is 0 Å². The predicted molar refractivity (Wildman–Crippen MR) is 318 cm³/mol. The van der Waals surface area contributed by atoms with E-state index in [0.717, 1.165) is 18.7 Å². The minimum Gasteiger partial charge on any atom is -0.480 e. The maximum absolute atomic E-state index is 14.2. The zero-order valence-electron chi connectivity index (χ0n) is 52.1. The summed E-state index contributed by atoms with van der Waals surface area (Å²) in [5.74, 6) is -14.5. The lowest BCUT2D eigenvalue weighted by atomic mass is 10.0. The number of aromatic nitrogens is 2. The molecule has 36 heteroatoms. The van der Waals surface area contributed by atoms with Gasteiger partial charge in [-0.1, -0.05) is 27.7 Å². The zero-order valence-corrected chi connectivity index (χ0v) is 52.1. The molecule has 0 saturated carbocycles. The van der Waals surface area contributed by atoms with E-state index in [9.17, 15) is 98.1 Å². The number of nitrogens with zero attached hydrogens (tertiary/aromatic N) is 2. The average molecular weight is 1300 g/mol. The van der Waals surface area contributed by atoms with Crippen LogP contribution < -0.4 is 70.4 Å². The first-order valence-electron chi connectivity index (χ1n) is 29.9. The Bertz CT molecular complexity index is 2610. The number of aliphatic hydroxyl groups excluding tert-OH is 6. The largest absolute Gasteiger partial charge is 0.480 e. The monoisotopic (exact) mass is 1300 g/mol. The molecule has 1 aromatic heterocycles. The standard InChI is InChI=1S/C55H94N16O20/c1-25(2)17-34(63-44(79)31(57)21-72)46(81)61-32(11-8-9-15-56)45(80)70-43(29(7)77)54(89)71-16-10-12-39(71)51(86)68-42(28(6)76)53(88)69-41(27(5)75)52(87)67-38(23-74)50(85)65-36(19-30-20-59-24-60-30)48(83)64-35(18-26(3)4)47(82)66-37(22-73)49(84)62-33(55(90)91)13-14-40(58)78/h20,24-29,31-39,41-43,72-77H,8-19,21-23,56-57H2,1-7H3,(H2,58,78)(H,59,60)(H,61,81)(H,62,84)(H,63,79)(H,64,83)(H,65,85)(H,66,82)(H,67,87)(H,68,86)(H,69,88)(H,70,80)(H,90,91)/t27-,28-,29-,31+,32+,33+,34+,35+,36+,37+,38+,39+,41+,42+,43+/m1/s1. The van der Waals surface area contributed by atoms with Crippen molar-refractivity contribution in [2.45, 2.75) is 203 Å². The number of amides is 12.